The van der Waals surface area contributed by atoms with E-state index in [0.717, 1.165) is 0 Å². The number of fused-ring (bicyclic) bond motifs is 1. The first-order chi connectivity index (χ1) is 13.0. The highest BCUT2D eigenvalue weighted by atomic mass is 16.5. The molecule has 0 saturated heterocycles. The number of carbonyl (C=O) groups excluding carboxylic acids is 2. The largest absolute Gasteiger partial charge is 0.456 e. The highest BCUT2D eigenvalue weighted by Gasteiger charge is 2.10. The van der Waals surface area contributed by atoms with Gasteiger partial charge >= 0.3 is 5.97 Å². The van der Waals surface area contributed by atoms with Crippen LogP contribution in [0.1, 0.15) is 32.5 Å². The van der Waals surface area contributed by atoms with Gasteiger partial charge in [-0.3, -0.25) is 14.4 Å². The number of nitrogens with zero attached hydrogens (tertiary/aromatic N) is 1. The molecule has 146 valence electrons. The summed E-state index contributed by atoms with van der Waals surface area (Å²) >= 11 is 0. The van der Waals surface area contributed by atoms with E-state index in [9.17, 15) is 14.4 Å². The van der Waals surface area contributed by atoms with Crippen molar-refractivity contribution < 1.29 is 19.1 Å². The number of aromatic amines is 1. The first-order valence-electron chi connectivity index (χ1n) is 8.97. The summed E-state index contributed by atoms with van der Waals surface area (Å²) < 4.78 is 10.3. The van der Waals surface area contributed by atoms with Gasteiger partial charge in [0, 0.05) is 19.6 Å². The second-order valence-electron chi connectivity index (χ2n) is 6.31. The van der Waals surface area contributed by atoms with Gasteiger partial charge in [-0.1, -0.05) is 12.1 Å². The lowest BCUT2D eigenvalue weighted by atomic mass is 10.2. The Morgan fingerprint density at radius 2 is 2.04 bits per heavy atom. The van der Waals surface area contributed by atoms with Crippen LogP contribution in [0.15, 0.2) is 29.1 Å². The van der Waals surface area contributed by atoms with E-state index in [0.29, 0.717) is 36.3 Å². The van der Waals surface area contributed by atoms with Crippen molar-refractivity contribution >= 4 is 22.8 Å². The van der Waals surface area contributed by atoms with Crippen LogP contribution in [0, 0.1) is 0 Å². The molecule has 0 fully saturated rings. The smallest absolute Gasteiger partial charge is 0.306 e. The molecule has 8 nitrogen and oxygen atoms in total. The van der Waals surface area contributed by atoms with Gasteiger partial charge in [-0.05, 0) is 32.4 Å². The van der Waals surface area contributed by atoms with Crippen molar-refractivity contribution in [3.05, 3.63) is 40.4 Å². The number of nitrogens with one attached hydrogen (secondary N) is 2. The van der Waals surface area contributed by atoms with E-state index in [2.05, 4.69) is 15.3 Å². The fourth-order valence-electron chi connectivity index (χ4n) is 2.36. The van der Waals surface area contributed by atoms with Gasteiger partial charge in [0.1, 0.15) is 5.82 Å². The summed E-state index contributed by atoms with van der Waals surface area (Å²) in [5.74, 6) is -0.473. The van der Waals surface area contributed by atoms with Gasteiger partial charge in [0.05, 0.1) is 23.4 Å². The van der Waals surface area contributed by atoms with Crippen molar-refractivity contribution in [3.63, 3.8) is 0 Å². The molecule has 0 spiro atoms. The molecular formula is C19H25N3O5. The predicted molar refractivity (Wildman–Crippen MR) is 100 cm³/mol. The zero-order valence-corrected chi connectivity index (χ0v) is 15.6. The van der Waals surface area contributed by atoms with Gasteiger partial charge < -0.3 is 19.8 Å². The molecule has 2 N–H and O–H groups in total. The number of ether oxygens (including phenoxy) is 2. The monoisotopic (exact) mass is 375 g/mol. The standard InChI is InChI=1S/C19H25N3O5/c1-13(2)26-11-5-10-20-17(23)12-27-18(24)9-8-16-21-15-7-4-3-6-14(15)19(25)22-16/h3-4,6-7,13H,5,8-12H2,1-2H3,(H,20,23)(H,21,22,25). The molecule has 0 saturated carbocycles. The average molecular weight is 375 g/mol. The van der Waals surface area contributed by atoms with Crippen molar-refractivity contribution in [1.82, 2.24) is 15.3 Å². The molecule has 0 aliphatic heterocycles. The summed E-state index contributed by atoms with van der Waals surface area (Å²) in [7, 11) is 0. The first kappa shape index (κ1) is 20.6. The van der Waals surface area contributed by atoms with Crippen LogP contribution in [0.2, 0.25) is 0 Å². The number of H-pyrrole nitrogens is 1. The van der Waals surface area contributed by atoms with Crippen LogP contribution in [0.5, 0.6) is 0 Å². The van der Waals surface area contributed by atoms with Crippen molar-refractivity contribution in [1.29, 1.82) is 0 Å². The number of para-hydroxylation sites is 1. The Hall–Kier alpha value is -2.74. The molecule has 0 atom stereocenters. The molecule has 0 aliphatic rings. The van der Waals surface area contributed by atoms with Crippen molar-refractivity contribution in [2.45, 2.75) is 39.2 Å². The quantitative estimate of drug-likeness (QED) is 0.479. The van der Waals surface area contributed by atoms with Crippen LogP contribution >= 0.6 is 0 Å². The Morgan fingerprint density at radius 3 is 2.81 bits per heavy atom. The second-order valence-corrected chi connectivity index (χ2v) is 6.31. The number of hydrogen-bond acceptors (Lipinski definition) is 6. The Morgan fingerprint density at radius 1 is 1.26 bits per heavy atom. The number of esters is 1. The highest BCUT2D eigenvalue weighted by Crippen LogP contribution is 2.06. The molecule has 0 unspecified atom stereocenters. The van der Waals surface area contributed by atoms with Gasteiger partial charge in [0.15, 0.2) is 6.61 Å². The first-order valence-corrected chi connectivity index (χ1v) is 8.97. The van der Waals surface area contributed by atoms with E-state index < -0.39 is 5.97 Å². The van der Waals surface area contributed by atoms with E-state index in [1.807, 2.05) is 13.8 Å². The normalized spacial score (nSPS) is 10.9. The third-order valence-corrected chi connectivity index (χ3v) is 3.69. The number of aromatic nitrogens is 2. The Labute approximate surface area is 157 Å². The van der Waals surface area contributed by atoms with Gasteiger partial charge in [-0.2, -0.15) is 0 Å². The summed E-state index contributed by atoms with van der Waals surface area (Å²) in [6.45, 7) is 4.59. The number of benzene rings is 1. The molecule has 1 heterocycles. The number of hydrogen-bond donors (Lipinski definition) is 2. The number of carbonyl (C=O) groups is 2. The minimum Gasteiger partial charge on any atom is -0.456 e. The van der Waals surface area contributed by atoms with Crippen LogP contribution in [0.25, 0.3) is 10.9 Å². The molecule has 2 rings (SSSR count). The molecule has 2 aromatic rings. The maximum absolute atomic E-state index is 12.0. The Bertz CT molecular complexity index is 831. The fourth-order valence-corrected chi connectivity index (χ4v) is 2.36. The van der Waals surface area contributed by atoms with Crippen LogP contribution in [0.4, 0.5) is 0 Å². The van der Waals surface area contributed by atoms with Gasteiger partial charge in [-0.25, -0.2) is 4.98 Å². The van der Waals surface area contributed by atoms with Crippen LogP contribution in [-0.2, 0) is 25.5 Å². The lowest BCUT2D eigenvalue weighted by Crippen LogP contribution is -2.30. The number of aryl methyl sites for hydroxylation is 1. The van der Waals surface area contributed by atoms with Crippen LogP contribution in [0.3, 0.4) is 0 Å². The maximum atomic E-state index is 12.0. The summed E-state index contributed by atoms with van der Waals surface area (Å²) in [5, 5.41) is 3.16. The lowest BCUT2D eigenvalue weighted by molar-refractivity contribution is -0.148. The molecule has 0 aliphatic carbocycles. The molecule has 1 amide bonds. The van der Waals surface area contributed by atoms with Crippen molar-refractivity contribution in [3.8, 4) is 0 Å². The SMILES string of the molecule is CC(C)OCCCNC(=O)COC(=O)CCc1nc2ccccc2c(=O)[nH]1. The molecule has 0 radical (unpaired) electrons. The summed E-state index contributed by atoms with van der Waals surface area (Å²) in [6.07, 6.45) is 1.11. The van der Waals surface area contributed by atoms with E-state index in [1.165, 1.54) is 0 Å². The molecule has 27 heavy (non-hydrogen) atoms. The van der Waals surface area contributed by atoms with Gasteiger partial charge in [0.2, 0.25) is 0 Å². The second kappa shape index (κ2) is 10.4. The average Bonchev–Trinajstić information content (AvgIpc) is 2.64. The molecule has 1 aromatic carbocycles. The van der Waals surface area contributed by atoms with E-state index in [-0.39, 0.29) is 37.0 Å². The van der Waals surface area contributed by atoms with Crippen LogP contribution in [-0.4, -0.2) is 47.7 Å². The van der Waals surface area contributed by atoms with Gasteiger partial charge in [-0.15, -0.1) is 0 Å². The van der Waals surface area contributed by atoms with Crippen molar-refractivity contribution in [2.75, 3.05) is 19.8 Å². The zero-order chi connectivity index (χ0) is 19.6. The van der Waals surface area contributed by atoms with Gasteiger partial charge in [0.25, 0.3) is 11.5 Å². The third kappa shape index (κ3) is 7.18. The summed E-state index contributed by atoms with van der Waals surface area (Å²) in [4.78, 5) is 42.3. The topological polar surface area (TPSA) is 110 Å². The number of amides is 1. The molecule has 1 aromatic heterocycles. The summed E-state index contributed by atoms with van der Waals surface area (Å²) in [6, 6.07) is 6.98. The predicted octanol–water partition coefficient (Wildman–Crippen LogP) is 1.33. The zero-order valence-electron chi connectivity index (χ0n) is 15.6. The third-order valence-electron chi connectivity index (χ3n) is 3.69. The highest BCUT2D eigenvalue weighted by molar-refractivity contribution is 5.80. The Balaban J connectivity index is 1.69. The lowest BCUT2D eigenvalue weighted by Gasteiger charge is -2.08. The minimum absolute atomic E-state index is 0.0246. The minimum atomic E-state index is -0.524. The molecular weight excluding hydrogens is 350 g/mol. The fraction of sp³-hybridized carbons (Fsp3) is 0.474. The molecule has 8 heteroatoms. The van der Waals surface area contributed by atoms with E-state index in [4.69, 9.17) is 9.47 Å². The van der Waals surface area contributed by atoms with Crippen molar-refractivity contribution in [2.24, 2.45) is 0 Å². The maximum Gasteiger partial charge on any atom is 0.306 e. The number of rotatable bonds is 10. The van der Waals surface area contributed by atoms with E-state index >= 15 is 0 Å². The van der Waals surface area contributed by atoms with E-state index in [1.54, 1.807) is 24.3 Å². The molecule has 0 bridgehead atoms. The van der Waals surface area contributed by atoms with Crippen LogP contribution < -0.4 is 10.9 Å². The summed E-state index contributed by atoms with van der Waals surface area (Å²) in [5.41, 5.74) is 0.329. The Kier molecular flexibility index (Phi) is 7.94.